The first kappa shape index (κ1) is 18.4. The number of piperidine rings is 1. The molecule has 0 aliphatic carbocycles. The first-order valence-electron chi connectivity index (χ1n) is 7.96. The van der Waals surface area contributed by atoms with Gasteiger partial charge in [-0.1, -0.05) is 11.6 Å². The van der Waals surface area contributed by atoms with Crippen LogP contribution < -0.4 is 5.32 Å². The molecule has 1 aromatic rings. The van der Waals surface area contributed by atoms with Gasteiger partial charge in [0.15, 0.2) is 0 Å². The zero-order chi connectivity index (χ0) is 17.9. The lowest BCUT2D eigenvalue weighted by atomic mass is 9.90. The van der Waals surface area contributed by atoms with Crippen LogP contribution in [-0.4, -0.2) is 48.3 Å². The number of likely N-dealkylation sites (tertiary alicyclic amines) is 1. The fourth-order valence-corrected chi connectivity index (χ4v) is 3.23. The van der Waals surface area contributed by atoms with Gasteiger partial charge in [0.25, 0.3) is 0 Å². The van der Waals surface area contributed by atoms with Gasteiger partial charge in [0.1, 0.15) is 0 Å². The summed E-state index contributed by atoms with van der Waals surface area (Å²) in [7, 11) is 1.35. The van der Waals surface area contributed by atoms with E-state index in [1.165, 1.54) is 12.0 Å². The van der Waals surface area contributed by atoms with Crippen LogP contribution in [0.3, 0.4) is 0 Å². The Kier molecular flexibility index (Phi) is 5.94. The summed E-state index contributed by atoms with van der Waals surface area (Å²) in [6, 6.07) is 3.52. The standard InChI is InChI=1S/C17H23ClN2O4/c1-10-8-13(16(21)24-3)9-14(15(10)18)19-11(2)12-4-6-20(7-5-12)17(22)23/h8-9,11-12,19H,4-7H2,1-3H3,(H,22,23)/t11-/m0/s1. The number of carbonyl (C=O) groups is 2. The highest BCUT2D eigenvalue weighted by molar-refractivity contribution is 6.34. The van der Waals surface area contributed by atoms with Gasteiger partial charge in [0.05, 0.1) is 23.4 Å². The number of carbonyl (C=O) groups excluding carboxylic acids is 1. The van der Waals surface area contributed by atoms with Crippen LogP contribution >= 0.6 is 11.6 Å². The van der Waals surface area contributed by atoms with Crippen LogP contribution in [0.15, 0.2) is 12.1 Å². The maximum Gasteiger partial charge on any atom is 0.407 e. The molecule has 1 aliphatic rings. The van der Waals surface area contributed by atoms with E-state index in [4.69, 9.17) is 21.4 Å². The minimum Gasteiger partial charge on any atom is -0.465 e. The van der Waals surface area contributed by atoms with Gasteiger partial charge in [-0.15, -0.1) is 0 Å². The normalized spacial score (nSPS) is 16.6. The molecule has 0 bridgehead atoms. The summed E-state index contributed by atoms with van der Waals surface area (Å²) in [6.45, 7) is 4.98. The van der Waals surface area contributed by atoms with Gasteiger partial charge in [0.2, 0.25) is 0 Å². The number of anilines is 1. The highest BCUT2D eigenvalue weighted by Gasteiger charge is 2.26. The van der Waals surface area contributed by atoms with Crippen molar-refractivity contribution in [2.24, 2.45) is 5.92 Å². The van der Waals surface area contributed by atoms with Crippen molar-refractivity contribution in [3.8, 4) is 0 Å². The Labute approximate surface area is 146 Å². The Morgan fingerprint density at radius 1 is 1.38 bits per heavy atom. The second kappa shape index (κ2) is 7.75. The zero-order valence-corrected chi connectivity index (χ0v) is 14.9. The van der Waals surface area contributed by atoms with Crippen LogP contribution in [0.2, 0.25) is 5.02 Å². The lowest BCUT2D eigenvalue weighted by Gasteiger charge is -2.34. The lowest BCUT2D eigenvalue weighted by molar-refractivity contribution is 0.0600. The SMILES string of the molecule is COC(=O)c1cc(C)c(Cl)c(N[C@@H](C)C2CCN(C(=O)O)CC2)c1. The fourth-order valence-electron chi connectivity index (χ4n) is 3.06. The van der Waals surface area contributed by atoms with Gasteiger partial charge < -0.3 is 20.1 Å². The van der Waals surface area contributed by atoms with Gasteiger partial charge in [-0.05, 0) is 50.3 Å². The Hall–Kier alpha value is -1.95. The van der Waals surface area contributed by atoms with Gasteiger partial charge >= 0.3 is 12.1 Å². The van der Waals surface area contributed by atoms with Crippen molar-refractivity contribution < 1.29 is 19.4 Å². The highest BCUT2D eigenvalue weighted by atomic mass is 35.5. The third kappa shape index (κ3) is 4.12. The van der Waals surface area contributed by atoms with Gasteiger partial charge in [-0.3, -0.25) is 0 Å². The molecule has 0 aromatic heterocycles. The molecule has 6 nitrogen and oxygen atoms in total. The van der Waals surface area contributed by atoms with E-state index in [1.54, 1.807) is 12.1 Å². The number of rotatable bonds is 4. The van der Waals surface area contributed by atoms with E-state index >= 15 is 0 Å². The number of hydrogen-bond acceptors (Lipinski definition) is 4. The molecule has 24 heavy (non-hydrogen) atoms. The number of nitrogens with one attached hydrogen (secondary N) is 1. The van der Waals surface area contributed by atoms with E-state index in [9.17, 15) is 9.59 Å². The predicted molar refractivity (Wildman–Crippen MR) is 92.9 cm³/mol. The molecule has 1 aromatic carbocycles. The number of amides is 1. The van der Waals surface area contributed by atoms with Gasteiger partial charge in [-0.25, -0.2) is 9.59 Å². The van der Waals surface area contributed by atoms with Crippen LogP contribution in [-0.2, 0) is 4.74 Å². The topological polar surface area (TPSA) is 78.9 Å². The monoisotopic (exact) mass is 354 g/mol. The molecule has 1 atom stereocenters. The summed E-state index contributed by atoms with van der Waals surface area (Å²) in [5, 5.41) is 13.0. The highest BCUT2D eigenvalue weighted by Crippen LogP contribution is 2.31. The Balaban J connectivity index is 2.09. The van der Waals surface area contributed by atoms with Crippen LogP contribution in [0.25, 0.3) is 0 Å². The van der Waals surface area contributed by atoms with Crippen LogP contribution in [0.1, 0.15) is 35.7 Å². The molecule has 0 saturated carbocycles. The average molecular weight is 355 g/mol. The van der Waals surface area contributed by atoms with Crippen molar-refractivity contribution in [1.82, 2.24) is 4.90 Å². The molecule has 7 heteroatoms. The molecule has 132 valence electrons. The maximum atomic E-state index is 11.8. The van der Waals surface area contributed by atoms with E-state index in [-0.39, 0.29) is 6.04 Å². The number of hydrogen-bond donors (Lipinski definition) is 2. The third-order valence-electron chi connectivity index (χ3n) is 4.58. The number of benzene rings is 1. The van der Waals surface area contributed by atoms with Crippen LogP contribution in [0.5, 0.6) is 0 Å². The van der Waals surface area contributed by atoms with Crippen LogP contribution in [0, 0.1) is 12.8 Å². The van der Waals surface area contributed by atoms with Crippen molar-refractivity contribution >= 4 is 29.4 Å². The second-order valence-electron chi connectivity index (χ2n) is 6.19. The quantitative estimate of drug-likeness (QED) is 0.807. The third-order valence-corrected chi connectivity index (χ3v) is 5.08. The zero-order valence-electron chi connectivity index (χ0n) is 14.1. The minimum absolute atomic E-state index is 0.116. The molecule has 0 radical (unpaired) electrons. The number of esters is 1. The second-order valence-corrected chi connectivity index (χ2v) is 6.56. The van der Waals surface area contributed by atoms with Crippen LogP contribution in [0.4, 0.5) is 10.5 Å². The average Bonchev–Trinajstić information content (AvgIpc) is 2.57. The molecular weight excluding hydrogens is 332 g/mol. The Morgan fingerprint density at radius 3 is 2.54 bits per heavy atom. The number of carboxylic acid groups (broad SMARTS) is 1. The summed E-state index contributed by atoms with van der Waals surface area (Å²) in [5.41, 5.74) is 1.95. The molecule has 1 heterocycles. The summed E-state index contributed by atoms with van der Waals surface area (Å²) < 4.78 is 4.77. The molecule has 2 N–H and O–H groups in total. The van der Waals surface area contributed by atoms with Crippen molar-refractivity contribution in [3.63, 3.8) is 0 Å². The van der Waals surface area contributed by atoms with E-state index in [0.29, 0.717) is 35.3 Å². The lowest BCUT2D eigenvalue weighted by Crippen LogP contribution is -2.41. The molecule has 1 aliphatic heterocycles. The largest absolute Gasteiger partial charge is 0.465 e. The van der Waals surface area contributed by atoms with Crippen molar-refractivity contribution in [2.75, 3.05) is 25.5 Å². The maximum absolute atomic E-state index is 11.8. The first-order chi connectivity index (χ1) is 11.3. The smallest absolute Gasteiger partial charge is 0.407 e. The number of methoxy groups -OCH3 is 1. The fraction of sp³-hybridized carbons (Fsp3) is 0.529. The summed E-state index contributed by atoms with van der Waals surface area (Å²) in [4.78, 5) is 24.2. The van der Waals surface area contributed by atoms with Crippen molar-refractivity contribution in [3.05, 3.63) is 28.3 Å². The number of aryl methyl sites for hydroxylation is 1. The summed E-state index contributed by atoms with van der Waals surface area (Å²) >= 11 is 6.36. The first-order valence-corrected chi connectivity index (χ1v) is 8.34. The summed E-state index contributed by atoms with van der Waals surface area (Å²) in [5.74, 6) is -0.0565. The van der Waals surface area contributed by atoms with E-state index < -0.39 is 12.1 Å². The van der Waals surface area contributed by atoms with Crippen molar-refractivity contribution in [2.45, 2.75) is 32.7 Å². The number of ether oxygens (including phenoxy) is 1. The van der Waals surface area contributed by atoms with E-state index in [2.05, 4.69) is 12.2 Å². The minimum atomic E-state index is -0.862. The number of halogens is 1. The molecule has 0 unspecified atom stereocenters. The number of nitrogens with zero attached hydrogens (tertiary/aromatic N) is 1. The molecule has 0 spiro atoms. The van der Waals surface area contributed by atoms with Gasteiger partial charge in [0, 0.05) is 19.1 Å². The van der Waals surface area contributed by atoms with Gasteiger partial charge in [-0.2, -0.15) is 0 Å². The molecule has 1 saturated heterocycles. The Morgan fingerprint density at radius 2 is 2.00 bits per heavy atom. The molecular formula is C17H23ClN2O4. The van der Waals surface area contributed by atoms with E-state index in [1.807, 2.05) is 6.92 Å². The predicted octanol–water partition coefficient (Wildman–Crippen LogP) is 3.63. The molecule has 1 fully saturated rings. The van der Waals surface area contributed by atoms with Crippen molar-refractivity contribution in [1.29, 1.82) is 0 Å². The molecule has 1 amide bonds. The van der Waals surface area contributed by atoms with E-state index in [0.717, 1.165) is 18.4 Å². The summed E-state index contributed by atoms with van der Waals surface area (Å²) in [6.07, 6.45) is 0.736. The molecule has 2 rings (SSSR count). The Bertz CT molecular complexity index is 627.